The van der Waals surface area contributed by atoms with Gasteiger partial charge >= 0.3 is 0 Å². The number of nitrogens with zero attached hydrogens (tertiary/aromatic N) is 1. The minimum atomic E-state index is 0.692. The van der Waals surface area contributed by atoms with Gasteiger partial charge in [-0.15, -0.1) is 0 Å². The summed E-state index contributed by atoms with van der Waals surface area (Å²) in [6, 6.07) is 0.692. The smallest absolute Gasteiger partial charge is 0.0169 e. The van der Waals surface area contributed by atoms with Crippen LogP contribution in [0.5, 0.6) is 0 Å². The molecule has 12 heavy (non-hydrogen) atoms. The van der Waals surface area contributed by atoms with E-state index >= 15 is 0 Å². The van der Waals surface area contributed by atoms with E-state index in [2.05, 4.69) is 30.1 Å². The van der Waals surface area contributed by atoms with Crippen LogP contribution in [0.2, 0.25) is 0 Å². The first-order valence-electron chi connectivity index (χ1n) is 4.80. The molecule has 0 saturated heterocycles. The molecule has 0 atom stereocenters. The van der Waals surface area contributed by atoms with E-state index < -0.39 is 0 Å². The van der Waals surface area contributed by atoms with Crippen molar-refractivity contribution in [2.24, 2.45) is 0 Å². The van der Waals surface area contributed by atoms with Crippen molar-refractivity contribution in [1.29, 1.82) is 0 Å². The van der Waals surface area contributed by atoms with E-state index in [1.807, 2.05) is 7.05 Å². The molecule has 0 unspecified atom stereocenters. The summed E-state index contributed by atoms with van der Waals surface area (Å²) in [5.74, 6) is 0. The monoisotopic (exact) mass is 168 g/mol. The number of likely N-dealkylation sites (N-methyl/N-ethyl adjacent to an activating group) is 1. The van der Waals surface area contributed by atoms with E-state index in [9.17, 15) is 0 Å². The highest BCUT2D eigenvalue weighted by Gasteiger charge is 2.12. The Balaban J connectivity index is 2.36. The van der Waals surface area contributed by atoms with Crippen LogP contribution in [0.3, 0.4) is 0 Å². The quantitative estimate of drug-likeness (QED) is 0.638. The molecule has 1 N–H and O–H groups in total. The van der Waals surface area contributed by atoms with Crippen LogP contribution in [-0.4, -0.2) is 37.6 Å². The normalized spacial score (nSPS) is 19.8. The first-order valence-corrected chi connectivity index (χ1v) is 4.80. The van der Waals surface area contributed by atoms with Crippen LogP contribution >= 0.6 is 0 Å². The van der Waals surface area contributed by atoms with Crippen molar-refractivity contribution < 1.29 is 0 Å². The molecule has 0 aromatic heterocycles. The summed E-state index contributed by atoms with van der Waals surface area (Å²) in [5.41, 5.74) is 1.56. The molecule has 1 heterocycles. The Hall–Kier alpha value is -0.340. The molecule has 1 aliphatic rings. The molecule has 0 amide bonds. The van der Waals surface area contributed by atoms with Gasteiger partial charge in [-0.05, 0) is 27.3 Å². The van der Waals surface area contributed by atoms with Gasteiger partial charge < -0.3 is 5.32 Å². The molecular weight excluding hydrogens is 148 g/mol. The molecule has 0 aromatic rings. The predicted molar refractivity (Wildman–Crippen MR) is 53.3 cm³/mol. The van der Waals surface area contributed by atoms with Gasteiger partial charge in [0.05, 0.1) is 0 Å². The predicted octanol–water partition coefficient (Wildman–Crippen LogP) is 1.25. The second kappa shape index (κ2) is 4.63. The fourth-order valence-corrected chi connectivity index (χ4v) is 1.58. The maximum Gasteiger partial charge on any atom is 0.0169 e. The summed E-state index contributed by atoms with van der Waals surface area (Å²) in [6.07, 6.45) is 3.60. The zero-order chi connectivity index (χ0) is 8.97. The fourth-order valence-electron chi connectivity index (χ4n) is 1.58. The SMILES string of the molecule is CNCC1=CCN(C(C)C)CC1. The molecule has 0 aliphatic carbocycles. The van der Waals surface area contributed by atoms with Gasteiger partial charge in [-0.1, -0.05) is 11.6 Å². The van der Waals surface area contributed by atoms with Crippen molar-refractivity contribution in [2.75, 3.05) is 26.7 Å². The van der Waals surface area contributed by atoms with Crippen LogP contribution in [0.15, 0.2) is 11.6 Å². The van der Waals surface area contributed by atoms with Gasteiger partial charge in [-0.2, -0.15) is 0 Å². The lowest BCUT2D eigenvalue weighted by molar-refractivity contribution is 0.238. The van der Waals surface area contributed by atoms with Crippen LogP contribution in [0, 0.1) is 0 Å². The first-order chi connectivity index (χ1) is 5.74. The Morgan fingerprint density at radius 2 is 2.33 bits per heavy atom. The van der Waals surface area contributed by atoms with Crippen LogP contribution in [0.1, 0.15) is 20.3 Å². The molecule has 0 spiro atoms. The van der Waals surface area contributed by atoms with E-state index in [4.69, 9.17) is 0 Å². The summed E-state index contributed by atoms with van der Waals surface area (Å²) in [5, 5.41) is 3.19. The summed E-state index contributed by atoms with van der Waals surface area (Å²) in [7, 11) is 2.01. The molecule has 0 radical (unpaired) electrons. The lowest BCUT2D eigenvalue weighted by Gasteiger charge is -2.29. The summed E-state index contributed by atoms with van der Waals surface area (Å²) in [4.78, 5) is 2.50. The van der Waals surface area contributed by atoms with Crippen molar-refractivity contribution in [3.8, 4) is 0 Å². The first kappa shape index (κ1) is 9.75. The molecule has 0 aromatic carbocycles. The molecular formula is C10H20N2. The van der Waals surface area contributed by atoms with Crippen LogP contribution < -0.4 is 5.32 Å². The van der Waals surface area contributed by atoms with Crippen LogP contribution in [0.25, 0.3) is 0 Å². The minimum absolute atomic E-state index is 0.692. The second-order valence-corrected chi connectivity index (χ2v) is 3.73. The standard InChI is InChI=1S/C10H20N2/c1-9(2)12-6-4-10(5-7-12)8-11-3/h4,9,11H,5-8H2,1-3H3. The lowest BCUT2D eigenvalue weighted by Crippen LogP contribution is -2.35. The number of hydrogen-bond donors (Lipinski definition) is 1. The van der Waals surface area contributed by atoms with Crippen molar-refractivity contribution in [3.05, 3.63) is 11.6 Å². The molecule has 1 aliphatic heterocycles. The Labute approximate surface area is 75.6 Å². The average molecular weight is 168 g/mol. The van der Waals surface area contributed by atoms with Crippen molar-refractivity contribution in [3.63, 3.8) is 0 Å². The average Bonchev–Trinajstić information content (AvgIpc) is 2.06. The van der Waals surface area contributed by atoms with Crippen molar-refractivity contribution in [1.82, 2.24) is 10.2 Å². The molecule has 70 valence electrons. The summed E-state index contributed by atoms with van der Waals surface area (Å²) >= 11 is 0. The van der Waals surface area contributed by atoms with E-state index in [1.54, 1.807) is 5.57 Å². The van der Waals surface area contributed by atoms with E-state index in [-0.39, 0.29) is 0 Å². The number of hydrogen-bond acceptors (Lipinski definition) is 2. The third-order valence-corrected chi connectivity index (χ3v) is 2.47. The molecule has 2 nitrogen and oxygen atoms in total. The fraction of sp³-hybridized carbons (Fsp3) is 0.800. The maximum atomic E-state index is 3.19. The second-order valence-electron chi connectivity index (χ2n) is 3.73. The molecule has 1 rings (SSSR count). The number of rotatable bonds is 3. The van der Waals surface area contributed by atoms with Gasteiger partial charge in [0.1, 0.15) is 0 Å². The van der Waals surface area contributed by atoms with Gasteiger partial charge in [0.25, 0.3) is 0 Å². The third kappa shape index (κ3) is 2.61. The topological polar surface area (TPSA) is 15.3 Å². The van der Waals surface area contributed by atoms with Crippen molar-refractivity contribution >= 4 is 0 Å². The Bertz CT molecular complexity index is 161. The molecule has 2 heteroatoms. The molecule has 0 saturated carbocycles. The molecule has 0 fully saturated rings. The third-order valence-electron chi connectivity index (χ3n) is 2.47. The van der Waals surface area contributed by atoms with Gasteiger partial charge in [-0.25, -0.2) is 0 Å². The molecule has 0 bridgehead atoms. The van der Waals surface area contributed by atoms with Gasteiger partial charge in [0.15, 0.2) is 0 Å². The van der Waals surface area contributed by atoms with Gasteiger partial charge in [0.2, 0.25) is 0 Å². The highest BCUT2D eigenvalue weighted by molar-refractivity contribution is 5.09. The highest BCUT2D eigenvalue weighted by atomic mass is 15.1. The van der Waals surface area contributed by atoms with Gasteiger partial charge in [0, 0.05) is 25.7 Å². The van der Waals surface area contributed by atoms with Crippen LogP contribution in [-0.2, 0) is 0 Å². The van der Waals surface area contributed by atoms with E-state index in [0.29, 0.717) is 6.04 Å². The van der Waals surface area contributed by atoms with Crippen LogP contribution in [0.4, 0.5) is 0 Å². The maximum absolute atomic E-state index is 3.19. The minimum Gasteiger partial charge on any atom is -0.316 e. The van der Waals surface area contributed by atoms with Crippen molar-refractivity contribution in [2.45, 2.75) is 26.3 Å². The zero-order valence-corrected chi connectivity index (χ0v) is 8.43. The summed E-state index contributed by atoms with van der Waals surface area (Å²) < 4.78 is 0. The largest absolute Gasteiger partial charge is 0.316 e. The zero-order valence-electron chi connectivity index (χ0n) is 8.43. The Kier molecular flexibility index (Phi) is 3.76. The van der Waals surface area contributed by atoms with E-state index in [0.717, 1.165) is 13.1 Å². The van der Waals surface area contributed by atoms with Gasteiger partial charge in [-0.3, -0.25) is 4.90 Å². The summed E-state index contributed by atoms with van der Waals surface area (Å²) in [6.45, 7) is 7.94. The number of nitrogens with one attached hydrogen (secondary N) is 1. The Morgan fingerprint density at radius 1 is 1.58 bits per heavy atom. The lowest BCUT2D eigenvalue weighted by atomic mass is 10.1. The highest BCUT2D eigenvalue weighted by Crippen LogP contribution is 2.11. The Morgan fingerprint density at radius 3 is 2.75 bits per heavy atom. The van der Waals surface area contributed by atoms with E-state index in [1.165, 1.54) is 13.0 Å².